The van der Waals surface area contributed by atoms with E-state index in [2.05, 4.69) is 26.0 Å². The fourth-order valence-electron chi connectivity index (χ4n) is 1.76. The van der Waals surface area contributed by atoms with E-state index in [1.54, 1.807) is 0 Å². The molecule has 0 aliphatic heterocycles. The number of hydrogen-bond donors (Lipinski definition) is 0. The Morgan fingerprint density at radius 1 is 1.24 bits per heavy atom. The van der Waals surface area contributed by atoms with E-state index in [0.29, 0.717) is 13.0 Å². The van der Waals surface area contributed by atoms with Crippen LogP contribution in [0.1, 0.15) is 38.7 Å². The normalized spacial score (nSPS) is 11.4. The van der Waals surface area contributed by atoms with Crippen LogP contribution in [0.3, 0.4) is 0 Å². The number of unbranched alkanes of at least 4 members (excludes halogenated alkanes) is 1. The summed E-state index contributed by atoms with van der Waals surface area (Å²) in [5.74, 6) is 0. The summed E-state index contributed by atoms with van der Waals surface area (Å²) in [6, 6.07) is 10.2. The van der Waals surface area contributed by atoms with Gasteiger partial charge in [-0.3, -0.25) is 0 Å². The highest BCUT2D eigenvalue weighted by molar-refractivity contribution is 5.48. The topological polar surface area (TPSA) is 26.3 Å². The van der Waals surface area contributed by atoms with Crippen molar-refractivity contribution >= 4 is 6.29 Å². The lowest BCUT2D eigenvalue weighted by Gasteiger charge is -2.24. The quantitative estimate of drug-likeness (QED) is 0.507. The maximum absolute atomic E-state index is 10.3. The fourth-order valence-corrected chi connectivity index (χ4v) is 1.76. The standard InChI is InChI=1S/C15H22O2/c1-15(2,10-6-7-11-16)13-17-12-14-8-4-3-5-9-14/h3-5,8-9,11H,6-7,10,12-13H2,1-2H3. The van der Waals surface area contributed by atoms with Crippen LogP contribution in [0.25, 0.3) is 0 Å². The van der Waals surface area contributed by atoms with Gasteiger partial charge in [0.25, 0.3) is 0 Å². The Morgan fingerprint density at radius 2 is 1.94 bits per heavy atom. The van der Waals surface area contributed by atoms with Gasteiger partial charge in [-0.05, 0) is 23.8 Å². The van der Waals surface area contributed by atoms with Crippen LogP contribution >= 0.6 is 0 Å². The molecule has 0 saturated heterocycles. The summed E-state index contributed by atoms with van der Waals surface area (Å²) in [5, 5.41) is 0. The van der Waals surface area contributed by atoms with Gasteiger partial charge < -0.3 is 9.53 Å². The lowest BCUT2D eigenvalue weighted by Crippen LogP contribution is -2.19. The van der Waals surface area contributed by atoms with E-state index >= 15 is 0 Å². The Kier molecular flexibility index (Phi) is 5.92. The lowest BCUT2D eigenvalue weighted by atomic mass is 9.88. The second-order valence-corrected chi connectivity index (χ2v) is 5.20. The predicted molar refractivity (Wildman–Crippen MR) is 69.8 cm³/mol. The SMILES string of the molecule is CC(C)(CCCC=O)COCc1ccccc1. The van der Waals surface area contributed by atoms with E-state index in [9.17, 15) is 4.79 Å². The molecule has 0 radical (unpaired) electrons. The molecule has 0 bridgehead atoms. The zero-order valence-corrected chi connectivity index (χ0v) is 10.8. The molecule has 0 fully saturated rings. The zero-order valence-electron chi connectivity index (χ0n) is 10.8. The smallest absolute Gasteiger partial charge is 0.119 e. The first-order chi connectivity index (χ1) is 8.14. The highest BCUT2D eigenvalue weighted by atomic mass is 16.5. The molecule has 0 aliphatic rings. The number of benzene rings is 1. The van der Waals surface area contributed by atoms with Crippen molar-refractivity contribution in [3.63, 3.8) is 0 Å². The van der Waals surface area contributed by atoms with Gasteiger partial charge in [-0.2, -0.15) is 0 Å². The molecule has 2 nitrogen and oxygen atoms in total. The summed E-state index contributed by atoms with van der Waals surface area (Å²) in [6.45, 7) is 5.77. The summed E-state index contributed by atoms with van der Waals surface area (Å²) in [6.07, 6.45) is 3.62. The molecule has 0 spiro atoms. The van der Waals surface area contributed by atoms with E-state index < -0.39 is 0 Å². The molecule has 0 atom stereocenters. The van der Waals surface area contributed by atoms with Crippen LogP contribution in [-0.4, -0.2) is 12.9 Å². The first-order valence-electron chi connectivity index (χ1n) is 6.19. The first kappa shape index (κ1) is 13.9. The monoisotopic (exact) mass is 234 g/mol. The Hall–Kier alpha value is -1.15. The third-order valence-corrected chi connectivity index (χ3v) is 2.78. The van der Waals surface area contributed by atoms with Crippen molar-refractivity contribution < 1.29 is 9.53 Å². The van der Waals surface area contributed by atoms with Crippen LogP contribution in [-0.2, 0) is 16.1 Å². The van der Waals surface area contributed by atoms with Gasteiger partial charge in [-0.1, -0.05) is 44.2 Å². The molecule has 0 aliphatic carbocycles. The van der Waals surface area contributed by atoms with Crippen molar-refractivity contribution in [1.29, 1.82) is 0 Å². The number of hydrogen-bond acceptors (Lipinski definition) is 2. The van der Waals surface area contributed by atoms with Crippen LogP contribution in [0, 0.1) is 5.41 Å². The molecule has 17 heavy (non-hydrogen) atoms. The highest BCUT2D eigenvalue weighted by Crippen LogP contribution is 2.23. The zero-order chi connectivity index (χ0) is 12.6. The number of rotatable bonds is 8. The van der Waals surface area contributed by atoms with Crippen molar-refractivity contribution in [2.24, 2.45) is 5.41 Å². The predicted octanol–water partition coefficient (Wildman–Crippen LogP) is 3.60. The molecule has 0 unspecified atom stereocenters. The van der Waals surface area contributed by atoms with Gasteiger partial charge in [-0.25, -0.2) is 0 Å². The van der Waals surface area contributed by atoms with E-state index in [0.717, 1.165) is 25.7 Å². The molecule has 2 heteroatoms. The summed E-state index contributed by atoms with van der Waals surface area (Å²) >= 11 is 0. The summed E-state index contributed by atoms with van der Waals surface area (Å²) < 4.78 is 5.73. The van der Waals surface area contributed by atoms with Crippen LogP contribution in [0.2, 0.25) is 0 Å². The molecule has 0 heterocycles. The number of ether oxygens (including phenoxy) is 1. The van der Waals surface area contributed by atoms with Gasteiger partial charge >= 0.3 is 0 Å². The Bertz CT molecular complexity index is 317. The van der Waals surface area contributed by atoms with E-state index in [-0.39, 0.29) is 5.41 Å². The molecule has 0 amide bonds. The first-order valence-corrected chi connectivity index (χ1v) is 6.19. The van der Waals surface area contributed by atoms with Gasteiger partial charge in [0, 0.05) is 6.42 Å². The molecular weight excluding hydrogens is 212 g/mol. The van der Waals surface area contributed by atoms with Crippen LogP contribution in [0.5, 0.6) is 0 Å². The minimum Gasteiger partial charge on any atom is -0.376 e. The maximum atomic E-state index is 10.3. The second-order valence-electron chi connectivity index (χ2n) is 5.20. The number of carbonyl (C=O) groups is 1. The van der Waals surface area contributed by atoms with Crippen molar-refractivity contribution in [2.75, 3.05) is 6.61 Å². The van der Waals surface area contributed by atoms with Crippen molar-refractivity contribution in [3.8, 4) is 0 Å². The van der Waals surface area contributed by atoms with E-state index in [1.165, 1.54) is 5.56 Å². The largest absolute Gasteiger partial charge is 0.376 e. The highest BCUT2D eigenvalue weighted by Gasteiger charge is 2.17. The van der Waals surface area contributed by atoms with Gasteiger partial charge in [0.15, 0.2) is 0 Å². The molecule has 0 N–H and O–H groups in total. The third-order valence-electron chi connectivity index (χ3n) is 2.78. The van der Waals surface area contributed by atoms with Crippen molar-refractivity contribution in [3.05, 3.63) is 35.9 Å². The molecule has 0 saturated carbocycles. The average Bonchev–Trinajstić information content (AvgIpc) is 2.30. The fraction of sp³-hybridized carbons (Fsp3) is 0.533. The molecule has 1 aromatic carbocycles. The van der Waals surface area contributed by atoms with Gasteiger partial charge in [0.1, 0.15) is 6.29 Å². The summed E-state index contributed by atoms with van der Waals surface area (Å²) in [7, 11) is 0. The Labute approximate surface area is 104 Å². The molecule has 0 aromatic heterocycles. The van der Waals surface area contributed by atoms with Crippen LogP contribution in [0.15, 0.2) is 30.3 Å². The maximum Gasteiger partial charge on any atom is 0.119 e. The lowest BCUT2D eigenvalue weighted by molar-refractivity contribution is -0.108. The summed E-state index contributed by atoms with van der Waals surface area (Å²) in [4.78, 5) is 10.3. The second kappa shape index (κ2) is 7.23. The van der Waals surface area contributed by atoms with Crippen molar-refractivity contribution in [2.45, 2.75) is 39.7 Å². The van der Waals surface area contributed by atoms with Crippen LogP contribution in [0.4, 0.5) is 0 Å². The number of carbonyl (C=O) groups excluding carboxylic acids is 1. The Morgan fingerprint density at radius 3 is 2.59 bits per heavy atom. The minimum atomic E-state index is 0.151. The van der Waals surface area contributed by atoms with Gasteiger partial charge in [0.05, 0.1) is 13.2 Å². The van der Waals surface area contributed by atoms with Crippen molar-refractivity contribution in [1.82, 2.24) is 0 Å². The van der Waals surface area contributed by atoms with E-state index in [4.69, 9.17) is 4.74 Å². The van der Waals surface area contributed by atoms with Crippen LogP contribution < -0.4 is 0 Å². The molecular formula is C15H22O2. The van der Waals surface area contributed by atoms with Gasteiger partial charge in [0.2, 0.25) is 0 Å². The minimum absolute atomic E-state index is 0.151. The average molecular weight is 234 g/mol. The molecule has 1 aromatic rings. The molecule has 94 valence electrons. The summed E-state index contributed by atoms with van der Waals surface area (Å²) in [5.41, 5.74) is 1.36. The molecule has 1 rings (SSSR count). The Balaban J connectivity index is 2.22. The van der Waals surface area contributed by atoms with E-state index in [1.807, 2.05) is 18.2 Å². The van der Waals surface area contributed by atoms with Gasteiger partial charge in [-0.15, -0.1) is 0 Å². The number of aldehydes is 1. The third kappa shape index (κ3) is 6.22.